The van der Waals surface area contributed by atoms with Gasteiger partial charge in [0, 0.05) is 42.9 Å². The highest BCUT2D eigenvalue weighted by atomic mass is 32.1. The first-order chi connectivity index (χ1) is 14.2. The smallest absolute Gasteiger partial charge is 0.221 e. The molecule has 1 amide bonds. The lowest BCUT2D eigenvalue weighted by molar-refractivity contribution is -0.121. The van der Waals surface area contributed by atoms with Crippen LogP contribution in [0.25, 0.3) is 0 Å². The minimum absolute atomic E-state index is 0.0797. The first-order valence-electron chi connectivity index (χ1n) is 10.4. The molecule has 0 aliphatic carbocycles. The molecule has 1 aliphatic heterocycles. The third-order valence-corrected chi connectivity index (χ3v) is 6.87. The number of hydrogen-bond acceptors (Lipinski definition) is 3. The van der Waals surface area contributed by atoms with Crippen molar-refractivity contribution in [3.8, 4) is 0 Å². The van der Waals surface area contributed by atoms with Crippen LogP contribution in [0.3, 0.4) is 0 Å². The molecule has 150 valence electrons. The number of rotatable bonds is 7. The summed E-state index contributed by atoms with van der Waals surface area (Å²) in [5.74, 6) is 0.193. The van der Waals surface area contributed by atoms with Crippen LogP contribution in [0, 0.1) is 0 Å². The largest absolute Gasteiger partial charge is 0.355 e. The number of amides is 1. The molecule has 29 heavy (non-hydrogen) atoms. The van der Waals surface area contributed by atoms with E-state index in [0.717, 1.165) is 19.5 Å². The highest BCUT2D eigenvalue weighted by Crippen LogP contribution is 2.28. The summed E-state index contributed by atoms with van der Waals surface area (Å²) in [4.78, 5) is 16.8. The fourth-order valence-corrected chi connectivity index (χ4v) is 4.98. The van der Waals surface area contributed by atoms with Gasteiger partial charge in [-0.3, -0.25) is 9.69 Å². The van der Waals surface area contributed by atoms with E-state index in [1.807, 2.05) is 47.7 Å². The summed E-state index contributed by atoms with van der Waals surface area (Å²) in [5, 5.41) is 5.38. The van der Waals surface area contributed by atoms with Crippen LogP contribution in [0.5, 0.6) is 0 Å². The molecule has 0 bridgehead atoms. The van der Waals surface area contributed by atoms with Crippen molar-refractivity contribution in [3.05, 3.63) is 93.7 Å². The van der Waals surface area contributed by atoms with E-state index in [1.165, 1.54) is 21.6 Å². The Labute approximate surface area is 177 Å². The maximum absolute atomic E-state index is 12.8. The zero-order valence-electron chi connectivity index (χ0n) is 16.9. The Hall–Kier alpha value is -2.43. The molecule has 4 heteroatoms. The second-order valence-electron chi connectivity index (χ2n) is 7.82. The van der Waals surface area contributed by atoms with Crippen molar-refractivity contribution in [1.82, 2.24) is 10.2 Å². The van der Waals surface area contributed by atoms with Crippen LogP contribution in [0.15, 0.2) is 72.1 Å². The molecule has 0 fully saturated rings. The van der Waals surface area contributed by atoms with E-state index in [0.29, 0.717) is 19.0 Å². The van der Waals surface area contributed by atoms with Crippen LogP contribution in [-0.4, -0.2) is 29.9 Å². The number of fused-ring (bicyclic) bond motifs is 1. The number of nitrogens with one attached hydrogen (secondary N) is 1. The van der Waals surface area contributed by atoms with Crippen molar-refractivity contribution in [2.24, 2.45) is 0 Å². The van der Waals surface area contributed by atoms with E-state index in [-0.39, 0.29) is 11.8 Å². The summed E-state index contributed by atoms with van der Waals surface area (Å²) >= 11 is 1.86. The van der Waals surface area contributed by atoms with E-state index in [2.05, 4.69) is 52.9 Å². The number of hydrogen-bond donors (Lipinski definition) is 1. The lowest BCUT2D eigenvalue weighted by Crippen LogP contribution is -2.44. The highest BCUT2D eigenvalue weighted by molar-refractivity contribution is 7.10. The van der Waals surface area contributed by atoms with Gasteiger partial charge in [-0.15, -0.1) is 11.3 Å². The van der Waals surface area contributed by atoms with Crippen LogP contribution in [0.2, 0.25) is 0 Å². The zero-order valence-corrected chi connectivity index (χ0v) is 17.7. The predicted molar refractivity (Wildman–Crippen MR) is 120 cm³/mol. The molecule has 2 aromatic carbocycles. The average molecular weight is 405 g/mol. The Bertz CT molecular complexity index is 883. The monoisotopic (exact) mass is 404 g/mol. The average Bonchev–Trinajstić information content (AvgIpc) is 3.25. The van der Waals surface area contributed by atoms with Crippen LogP contribution < -0.4 is 5.32 Å². The topological polar surface area (TPSA) is 32.3 Å². The molecule has 0 spiro atoms. The van der Waals surface area contributed by atoms with Gasteiger partial charge in [-0.05, 0) is 41.5 Å². The van der Waals surface area contributed by atoms with Crippen molar-refractivity contribution >= 4 is 17.2 Å². The lowest BCUT2D eigenvalue weighted by Gasteiger charge is -2.32. The minimum atomic E-state index is 0.0797. The molecule has 1 unspecified atom stereocenters. The van der Waals surface area contributed by atoms with Crippen molar-refractivity contribution in [1.29, 1.82) is 0 Å². The molecule has 0 saturated carbocycles. The number of carbonyl (C=O) groups excluding carboxylic acids is 1. The Morgan fingerprint density at radius 3 is 2.34 bits per heavy atom. The van der Waals surface area contributed by atoms with Crippen molar-refractivity contribution < 1.29 is 4.79 Å². The number of carbonyl (C=O) groups is 1. The number of nitrogens with zero attached hydrogens (tertiary/aromatic N) is 1. The molecule has 0 radical (unpaired) electrons. The summed E-state index contributed by atoms with van der Waals surface area (Å²) in [6.07, 6.45) is 1.59. The standard InChI is InChI=1S/C25H28N2OS/c1-19(27-14-12-24-22(18-27)13-15-29-24)17-26-25(28)16-23(20-8-4-2-5-9-20)21-10-6-3-7-11-21/h2-11,13,15,19,23H,12,14,16-18H2,1H3,(H,26,28). The molecule has 1 N–H and O–H groups in total. The Morgan fingerprint density at radius 1 is 1.03 bits per heavy atom. The maximum Gasteiger partial charge on any atom is 0.221 e. The first kappa shape index (κ1) is 19.9. The summed E-state index contributed by atoms with van der Waals surface area (Å²) < 4.78 is 0. The zero-order chi connectivity index (χ0) is 20.1. The van der Waals surface area contributed by atoms with Crippen LogP contribution in [0.4, 0.5) is 0 Å². The van der Waals surface area contributed by atoms with Gasteiger partial charge in [-0.2, -0.15) is 0 Å². The Kier molecular flexibility index (Phi) is 6.43. The van der Waals surface area contributed by atoms with Gasteiger partial charge in [-0.25, -0.2) is 0 Å². The second kappa shape index (κ2) is 9.38. The third kappa shape index (κ3) is 4.95. The number of thiophene rings is 1. The van der Waals surface area contributed by atoms with Gasteiger partial charge in [0.25, 0.3) is 0 Å². The molecule has 0 saturated heterocycles. The van der Waals surface area contributed by atoms with Crippen LogP contribution >= 0.6 is 11.3 Å². The summed E-state index contributed by atoms with van der Waals surface area (Å²) in [7, 11) is 0. The molecule has 3 nitrogen and oxygen atoms in total. The molecule has 2 heterocycles. The van der Waals surface area contributed by atoms with E-state index in [1.54, 1.807) is 0 Å². The van der Waals surface area contributed by atoms with E-state index >= 15 is 0 Å². The molecular formula is C25H28N2OS. The van der Waals surface area contributed by atoms with E-state index in [4.69, 9.17) is 0 Å². The summed E-state index contributed by atoms with van der Waals surface area (Å²) in [5.41, 5.74) is 3.82. The lowest BCUT2D eigenvalue weighted by atomic mass is 9.88. The van der Waals surface area contributed by atoms with Gasteiger partial charge < -0.3 is 5.32 Å². The molecular weight excluding hydrogens is 376 g/mol. The second-order valence-corrected chi connectivity index (χ2v) is 8.82. The van der Waals surface area contributed by atoms with Crippen molar-refractivity contribution in [2.75, 3.05) is 13.1 Å². The molecule has 3 aromatic rings. The van der Waals surface area contributed by atoms with Crippen LogP contribution in [0.1, 0.15) is 40.8 Å². The van der Waals surface area contributed by atoms with Gasteiger partial charge in [0.15, 0.2) is 0 Å². The molecule has 1 aliphatic rings. The van der Waals surface area contributed by atoms with Gasteiger partial charge in [0.1, 0.15) is 0 Å². The molecule has 4 rings (SSSR count). The summed E-state index contributed by atoms with van der Waals surface area (Å²) in [6, 6.07) is 23.2. The van der Waals surface area contributed by atoms with Crippen molar-refractivity contribution in [3.63, 3.8) is 0 Å². The van der Waals surface area contributed by atoms with Gasteiger partial charge in [0.05, 0.1) is 0 Å². The summed E-state index contributed by atoms with van der Waals surface area (Å²) in [6.45, 7) is 4.96. The first-order valence-corrected chi connectivity index (χ1v) is 11.2. The highest BCUT2D eigenvalue weighted by Gasteiger charge is 2.23. The minimum Gasteiger partial charge on any atom is -0.355 e. The van der Waals surface area contributed by atoms with Crippen LogP contribution in [-0.2, 0) is 17.8 Å². The fourth-order valence-electron chi connectivity index (χ4n) is 4.09. The van der Waals surface area contributed by atoms with E-state index in [9.17, 15) is 4.79 Å². The van der Waals surface area contributed by atoms with E-state index < -0.39 is 0 Å². The predicted octanol–water partition coefficient (Wildman–Crippen LogP) is 4.83. The van der Waals surface area contributed by atoms with Gasteiger partial charge in [-0.1, -0.05) is 60.7 Å². The SMILES string of the molecule is CC(CNC(=O)CC(c1ccccc1)c1ccccc1)N1CCc2sccc2C1. The maximum atomic E-state index is 12.8. The number of benzene rings is 2. The fraction of sp³-hybridized carbons (Fsp3) is 0.320. The quantitative estimate of drug-likeness (QED) is 0.611. The van der Waals surface area contributed by atoms with Gasteiger partial charge >= 0.3 is 0 Å². The normalized spacial score (nSPS) is 15.1. The third-order valence-electron chi connectivity index (χ3n) is 5.85. The molecule has 1 atom stereocenters. The van der Waals surface area contributed by atoms with Gasteiger partial charge in [0.2, 0.25) is 5.91 Å². The molecule has 1 aromatic heterocycles. The Balaban J connectivity index is 1.36. The Morgan fingerprint density at radius 2 is 1.69 bits per heavy atom. The van der Waals surface area contributed by atoms with Crippen molar-refractivity contribution in [2.45, 2.75) is 38.3 Å².